The maximum Gasteiger partial charge on any atom is 0.292 e. The predicted octanol–water partition coefficient (Wildman–Crippen LogP) is 2.22. The first-order valence-corrected chi connectivity index (χ1v) is 6.78. The van der Waals surface area contributed by atoms with Gasteiger partial charge in [-0.3, -0.25) is 10.1 Å². The summed E-state index contributed by atoms with van der Waals surface area (Å²) in [6, 6.07) is 4.46. The molecule has 1 aliphatic rings. The van der Waals surface area contributed by atoms with Gasteiger partial charge in [0.1, 0.15) is 5.69 Å². The van der Waals surface area contributed by atoms with Gasteiger partial charge >= 0.3 is 0 Å². The number of hydrogen-bond acceptors (Lipinski definition) is 7. The lowest BCUT2D eigenvalue weighted by atomic mass is 10.1. The minimum atomic E-state index is -0.527. The summed E-state index contributed by atoms with van der Waals surface area (Å²) < 4.78 is 5.21. The van der Waals surface area contributed by atoms with E-state index in [0.29, 0.717) is 11.5 Å². The molecule has 2 N–H and O–H groups in total. The molecule has 0 amide bonds. The molecule has 0 unspecified atom stereocenters. The van der Waals surface area contributed by atoms with Crippen LogP contribution in [0.15, 0.2) is 22.7 Å². The highest BCUT2D eigenvalue weighted by Gasteiger charge is 2.19. The highest BCUT2D eigenvalue weighted by molar-refractivity contribution is 5.68. The van der Waals surface area contributed by atoms with Crippen LogP contribution in [-0.4, -0.2) is 28.2 Å². The highest BCUT2D eigenvalue weighted by atomic mass is 16.6. The molecule has 0 bridgehead atoms. The Morgan fingerprint density at radius 2 is 2.05 bits per heavy atom. The van der Waals surface area contributed by atoms with Crippen molar-refractivity contribution < 1.29 is 9.45 Å². The number of nitro groups is 1. The minimum Gasteiger partial charge on any atom is -0.393 e. The highest BCUT2D eigenvalue weighted by Crippen LogP contribution is 2.29. The molecule has 8 nitrogen and oxygen atoms in total. The van der Waals surface area contributed by atoms with Gasteiger partial charge in [-0.1, -0.05) is 0 Å². The first-order valence-electron chi connectivity index (χ1n) is 6.78. The van der Waals surface area contributed by atoms with Crippen LogP contribution in [-0.2, 0) is 0 Å². The molecule has 0 saturated carbocycles. The molecule has 0 aliphatic carbocycles. The van der Waals surface area contributed by atoms with Crippen LogP contribution in [0.5, 0.6) is 0 Å². The number of piperidine rings is 1. The van der Waals surface area contributed by atoms with E-state index < -0.39 is 4.92 Å². The summed E-state index contributed by atoms with van der Waals surface area (Å²) in [6.07, 6.45) is 3.43. The van der Waals surface area contributed by atoms with E-state index >= 15 is 0 Å². The molecule has 1 saturated heterocycles. The maximum atomic E-state index is 10.9. The normalized spacial score (nSPS) is 15.1. The molecular formula is C13H15N5O3. The Balaban J connectivity index is 1.89. The maximum absolute atomic E-state index is 10.9. The Labute approximate surface area is 120 Å². The topological polar surface area (TPSA) is 111 Å². The standard InChI is InChI=1S/C13H15N5O3/c14-10-5-4-9(8-11(10)18(19)20)12-15-13(16-21-12)17-6-2-1-3-7-17/h4-5,8H,1-3,6-7,14H2. The number of benzene rings is 1. The van der Waals surface area contributed by atoms with E-state index in [1.165, 1.54) is 18.6 Å². The average molecular weight is 289 g/mol. The van der Waals surface area contributed by atoms with Gasteiger partial charge in [0.05, 0.1) is 4.92 Å². The van der Waals surface area contributed by atoms with Crippen molar-refractivity contribution in [2.24, 2.45) is 0 Å². The fourth-order valence-electron chi connectivity index (χ4n) is 2.39. The number of nitrogen functional groups attached to an aromatic ring is 1. The summed E-state index contributed by atoms with van der Waals surface area (Å²) in [4.78, 5) is 16.8. The molecule has 2 aromatic rings. The van der Waals surface area contributed by atoms with Crippen LogP contribution in [0.4, 0.5) is 17.3 Å². The third-order valence-corrected chi connectivity index (χ3v) is 3.53. The first kappa shape index (κ1) is 13.3. The van der Waals surface area contributed by atoms with E-state index in [0.717, 1.165) is 25.9 Å². The number of nitrogens with two attached hydrogens (primary N) is 1. The van der Waals surface area contributed by atoms with Gasteiger partial charge < -0.3 is 15.2 Å². The fraction of sp³-hybridized carbons (Fsp3) is 0.385. The van der Waals surface area contributed by atoms with Gasteiger partial charge in [-0.05, 0) is 36.6 Å². The quantitative estimate of drug-likeness (QED) is 0.523. The van der Waals surface area contributed by atoms with Crippen LogP contribution in [0.1, 0.15) is 19.3 Å². The Bertz CT molecular complexity index is 664. The van der Waals surface area contributed by atoms with Crippen molar-refractivity contribution >= 4 is 17.3 Å². The number of hydrogen-bond donors (Lipinski definition) is 1. The van der Waals surface area contributed by atoms with Crippen molar-refractivity contribution in [3.63, 3.8) is 0 Å². The zero-order chi connectivity index (χ0) is 14.8. The zero-order valence-electron chi connectivity index (χ0n) is 11.4. The molecule has 0 atom stereocenters. The lowest BCUT2D eigenvalue weighted by molar-refractivity contribution is -0.383. The summed E-state index contributed by atoms with van der Waals surface area (Å²) >= 11 is 0. The van der Waals surface area contributed by atoms with Crippen LogP contribution in [0.2, 0.25) is 0 Å². The minimum absolute atomic E-state index is 0.111. The van der Waals surface area contributed by atoms with Crippen LogP contribution in [0.25, 0.3) is 11.5 Å². The summed E-state index contributed by atoms with van der Waals surface area (Å²) in [7, 11) is 0. The molecule has 8 heteroatoms. The van der Waals surface area contributed by atoms with Crippen molar-refractivity contribution in [3.05, 3.63) is 28.3 Å². The van der Waals surface area contributed by atoms with Crippen LogP contribution < -0.4 is 10.6 Å². The second kappa shape index (κ2) is 5.39. The molecule has 1 aromatic heterocycles. The monoisotopic (exact) mass is 289 g/mol. The van der Waals surface area contributed by atoms with E-state index in [4.69, 9.17) is 10.3 Å². The molecule has 21 heavy (non-hydrogen) atoms. The third kappa shape index (κ3) is 2.64. The van der Waals surface area contributed by atoms with Gasteiger partial charge in [0.15, 0.2) is 0 Å². The SMILES string of the molecule is Nc1ccc(-c2nc(N3CCCCC3)no2)cc1[N+](=O)[O-]. The molecule has 0 spiro atoms. The van der Waals surface area contributed by atoms with Crippen molar-refractivity contribution in [1.29, 1.82) is 0 Å². The van der Waals surface area contributed by atoms with Gasteiger partial charge in [-0.15, -0.1) is 0 Å². The number of anilines is 2. The second-order valence-electron chi connectivity index (χ2n) is 4.98. The zero-order valence-corrected chi connectivity index (χ0v) is 11.4. The molecule has 2 heterocycles. The fourth-order valence-corrected chi connectivity index (χ4v) is 2.39. The van der Waals surface area contributed by atoms with Gasteiger partial charge in [0.25, 0.3) is 17.5 Å². The molecular weight excluding hydrogens is 274 g/mol. The second-order valence-corrected chi connectivity index (χ2v) is 4.98. The largest absolute Gasteiger partial charge is 0.393 e. The van der Waals surface area contributed by atoms with Gasteiger partial charge in [-0.25, -0.2) is 0 Å². The van der Waals surface area contributed by atoms with Crippen molar-refractivity contribution in [3.8, 4) is 11.5 Å². The Morgan fingerprint density at radius 1 is 1.29 bits per heavy atom. The van der Waals surface area contributed by atoms with Gasteiger partial charge in [0.2, 0.25) is 0 Å². The lowest BCUT2D eigenvalue weighted by Gasteiger charge is -2.24. The summed E-state index contributed by atoms with van der Waals surface area (Å²) in [5.74, 6) is 0.794. The number of aromatic nitrogens is 2. The smallest absolute Gasteiger partial charge is 0.292 e. The summed E-state index contributed by atoms with van der Waals surface area (Å²) in [6.45, 7) is 1.81. The van der Waals surface area contributed by atoms with E-state index in [9.17, 15) is 10.1 Å². The molecule has 1 aliphatic heterocycles. The molecule has 1 aromatic carbocycles. The van der Waals surface area contributed by atoms with Crippen molar-refractivity contribution in [2.45, 2.75) is 19.3 Å². The summed E-state index contributed by atoms with van der Waals surface area (Å²) in [5, 5.41) is 14.9. The van der Waals surface area contributed by atoms with Gasteiger partial charge in [-0.2, -0.15) is 4.98 Å². The van der Waals surface area contributed by atoms with E-state index in [1.54, 1.807) is 6.07 Å². The Hall–Kier alpha value is -2.64. The Kier molecular flexibility index (Phi) is 3.43. The van der Waals surface area contributed by atoms with Crippen LogP contribution in [0, 0.1) is 10.1 Å². The average Bonchev–Trinajstić information content (AvgIpc) is 2.98. The van der Waals surface area contributed by atoms with Crippen molar-refractivity contribution in [1.82, 2.24) is 10.1 Å². The third-order valence-electron chi connectivity index (χ3n) is 3.53. The molecule has 0 radical (unpaired) electrons. The van der Waals surface area contributed by atoms with Crippen LogP contribution in [0.3, 0.4) is 0 Å². The van der Waals surface area contributed by atoms with Crippen molar-refractivity contribution in [2.75, 3.05) is 23.7 Å². The number of rotatable bonds is 3. The Morgan fingerprint density at radius 3 is 2.76 bits per heavy atom. The molecule has 110 valence electrons. The molecule has 1 fully saturated rings. The number of nitrogens with zero attached hydrogens (tertiary/aromatic N) is 4. The van der Waals surface area contributed by atoms with Gasteiger partial charge in [0, 0.05) is 24.7 Å². The molecule has 3 rings (SSSR count). The first-order chi connectivity index (χ1) is 10.1. The summed E-state index contributed by atoms with van der Waals surface area (Å²) in [5.41, 5.74) is 6.02. The van der Waals surface area contributed by atoms with E-state index in [-0.39, 0.29) is 17.3 Å². The predicted molar refractivity (Wildman–Crippen MR) is 76.9 cm³/mol. The van der Waals surface area contributed by atoms with E-state index in [1.807, 2.05) is 0 Å². The number of nitro benzene ring substituents is 1. The lowest BCUT2D eigenvalue weighted by Crippen LogP contribution is -2.30. The van der Waals surface area contributed by atoms with E-state index in [2.05, 4.69) is 15.0 Å². The van der Waals surface area contributed by atoms with Crippen LogP contribution >= 0.6 is 0 Å².